The molecular weight excluding hydrogens is 351 g/mol. The van der Waals surface area contributed by atoms with Gasteiger partial charge in [-0.3, -0.25) is 14.5 Å². The number of hydrogen-bond donors (Lipinski definition) is 2. The van der Waals surface area contributed by atoms with Crippen molar-refractivity contribution in [2.45, 2.75) is 18.9 Å². The number of piperazine rings is 1. The first-order valence-corrected chi connectivity index (χ1v) is 7.78. The fourth-order valence-electron chi connectivity index (χ4n) is 2.67. The lowest BCUT2D eigenvalue weighted by molar-refractivity contribution is -0.122. The van der Waals surface area contributed by atoms with Crippen molar-refractivity contribution in [3.8, 4) is 0 Å². The molecule has 3 N–H and O–H groups in total. The highest BCUT2D eigenvalue weighted by atomic mass is 35.5. The smallest absolute Gasteiger partial charge is 0.254 e. The third-order valence-corrected chi connectivity index (χ3v) is 4.10. The van der Waals surface area contributed by atoms with Crippen LogP contribution in [0.1, 0.15) is 23.2 Å². The number of nitrogen functional groups attached to an aromatic ring is 1. The number of hydrogen-bond acceptors (Lipinski definition) is 4. The van der Waals surface area contributed by atoms with Gasteiger partial charge in [0.1, 0.15) is 0 Å². The van der Waals surface area contributed by atoms with Gasteiger partial charge in [-0.15, -0.1) is 24.8 Å². The van der Waals surface area contributed by atoms with Crippen molar-refractivity contribution in [2.24, 2.45) is 0 Å². The molecule has 1 aromatic carbocycles. The van der Waals surface area contributed by atoms with E-state index >= 15 is 0 Å². The standard InChI is InChI=1S/C16H22N4O2.2ClH/c17-13-3-1-2-12(10-13)16(22)20-8-6-19(7-9-20)11-15(21)18-14-4-5-14;;/h1-3,10,14H,4-9,11,17H2,(H,18,21);2*1H. The summed E-state index contributed by atoms with van der Waals surface area (Å²) >= 11 is 0. The first-order chi connectivity index (χ1) is 10.6. The quantitative estimate of drug-likeness (QED) is 0.774. The van der Waals surface area contributed by atoms with E-state index in [4.69, 9.17) is 5.73 Å². The van der Waals surface area contributed by atoms with Crippen LogP contribution in [0.4, 0.5) is 5.69 Å². The summed E-state index contributed by atoms with van der Waals surface area (Å²) in [7, 11) is 0. The van der Waals surface area contributed by atoms with Gasteiger partial charge in [-0.2, -0.15) is 0 Å². The van der Waals surface area contributed by atoms with Gasteiger partial charge in [0.2, 0.25) is 5.91 Å². The zero-order valence-corrected chi connectivity index (χ0v) is 15.1. The van der Waals surface area contributed by atoms with E-state index in [1.165, 1.54) is 0 Å². The Morgan fingerprint density at radius 1 is 1.12 bits per heavy atom. The van der Waals surface area contributed by atoms with E-state index in [0.717, 1.165) is 25.9 Å². The first-order valence-electron chi connectivity index (χ1n) is 7.78. The Bertz CT molecular complexity index is 573. The number of carbonyl (C=O) groups excluding carboxylic acids is 2. The number of rotatable bonds is 4. The highest BCUT2D eigenvalue weighted by molar-refractivity contribution is 5.95. The fraction of sp³-hybridized carbons (Fsp3) is 0.500. The lowest BCUT2D eigenvalue weighted by Gasteiger charge is -2.34. The van der Waals surface area contributed by atoms with Crippen LogP contribution in [0.25, 0.3) is 0 Å². The summed E-state index contributed by atoms with van der Waals surface area (Å²) in [6.07, 6.45) is 2.21. The second-order valence-corrected chi connectivity index (χ2v) is 6.04. The van der Waals surface area contributed by atoms with Crippen LogP contribution in [0.3, 0.4) is 0 Å². The number of nitrogens with two attached hydrogens (primary N) is 1. The molecule has 2 amide bonds. The summed E-state index contributed by atoms with van der Waals surface area (Å²) in [6, 6.07) is 7.46. The molecule has 1 aliphatic heterocycles. The molecule has 0 spiro atoms. The molecule has 1 aliphatic carbocycles. The van der Waals surface area contributed by atoms with Gasteiger partial charge in [0.15, 0.2) is 0 Å². The maximum atomic E-state index is 12.4. The van der Waals surface area contributed by atoms with Gasteiger partial charge in [-0.1, -0.05) is 6.07 Å². The molecule has 6 nitrogen and oxygen atoms in total. The Balaban J connectivity index is 0.00000144. The second kappa shape index (κ2) is 9.11. The van der Waals surface area contributed by atoms with Gasteiger partial charge in [0.05, 0.1) is 6.54 Å². The van der Waals surface area contributed by atoms with Gasteiger partial charge >= 0.3 is 0 Å². The highest BCUT2D eigenvalue weighted by Crippen LogP contribution is 2.18. The Hall–Kier alpha value is -1.50. The third-order valence-electron chi connectivity index (χ3n) is 4.10. The maximum absolute atomic E-state index is 12.4. The van der Waals surface area contributed by atoms with Gasteiger partial charge in [0, 0.05) is 43.5 Å². The van der Waals surface area contributed by atoms with E-state index < -0.39 is 0 Å². The van der Waals surface area contributed by atoms with E-state index in [2.05, 4.69) is 10.2 Å². The number of nitrogens with one attached hydrogen (secondary N) is 1. The van der Waals surface area contributed by atoms with Gasteiger partial charge < -0.3 is 16.0 Å². The summed E-state index contributed by atoms with van der Waals surface area (Å²) in [5.74, 6) is 0.104. The summed E-state index contributed by atoms with van der Waals surface area (Å²) in [5.41, 5.74) is 6.95. The predicted molar refractivity (Wildman–Crippen MR) is 98.9 cm³/mol. The van der Waals surface area contributed by atoms with Gasteiger partial charge in [0.25, 0.3) is 5.91 Å². The minimum Gasteiger partial charge on any atom is -0.399 e. The number of amides is 2. The average Bonchev–Trinajstić information content (AvgIpc) is 3.31. The molecule has 0 aromatic heterocycles. The molecule has 2 fully saturated rings. The van der Waals surface area contributed by atoms with Crippen LogP contribution in [0.15, 0.2) is 24.3 Å². The molecule has 1 aromatic rings. The van der Waals surface area contributed by atoms with Crippen molar-refractivity contribution in [1.29, 1.82) is 0 Å². The van der Waals surface area contributed by atoms with Crippen molar-refractivity contribution in [2.75, 3.05) is 38.5 Å². The Kier molecular flexibility index (Phi) is 7.79. The number of anilines is 1. The lowest BCUT2D eigenvalue weighted by Crippen LogP contribution is -2.51. The fourth-order valence-corrected chi connectivity index (χ4v) is 2.67. The summed E-state index contributed by atoms with van der Waals surface area (Å²) < 4.78 is 0. The predicted octanol–water partition coefficient (Wildman–Crippen LogP) is 1.15. The molecule has 2 aliphatic rings. The second-order valence-electron chi connectivity index (χ2n) is 6.04. The molecule has 134 valence electrons. The summed E-state index contributed by atoms with van der Waals surface area (Å²) in [5, 5.41) is 2.99. The molecule has 3 rings (SSSR count). The van der Waals surface area contributed by atoms with Crippen molar-refractivity contribution >= 4 is 42.3 Å². The van der Waals surface area contributed by atoms with Crippen LogP contribution in [-0.4, -0.2) is 60.4 Å². The van der Waals surface area contributed by atoms with Crippen molar-refractivity contribution in [1.82, 2.24) is 15.1 Å². The number of halogens is 2. The third kappa shape index (κ3) is 5.54. The van der Waals surface area contributed by atoms with Crippen LogP contribution in [0, 0.1) is 0 Å². The minimum absolute atomic E-state index is 0. The zero-order chi connectivity index (χ0) is 15.5. The average molecular weight is 375 g/mol. The van der Waals surface area contributed by atoms with Gasteiger partial charge in [-0.25, -0.2) is 0 Å². The van der Waals surface area contributed by atoms with E-state index in [1.807, 2.05) is 4.90 Å². The van der Waals surface area contributed by atoms with Crippen LogP contribution in [0.5, 0.6) is 0 Å². The molecule has 8 heteroatoms. The molecule has 24 heavy (non-hydrogen) atoms. The largest absolute Gasteiger partial charge is 0.399 e. The van der Waals surface area contributed by atoms with Gasteiger partial charge in [-0.05, 0) is 31.0 Å². The normalized spacial score (nSPS) is 17.4. The molecule has 0 unspecified atom stereocenters. The molecule has 0 atom stereocenters. The summed E-state index contributed by atoms with van der Waals surface area (Å²) in [6.45, 7) is 3.17. The lowest BCUT2D eigenvalue weighted by atomic mass is 10.1. The Labute approximate surface area is 154 Å². The number of nitrogens with zero attached hydrogens (tertiary/aromatic N) is 2. The van der Waals surface area contributed by atoms with E-state index in [0.29, 0.717) is 36.9 Å². The number of carbonyl (C=O) groups is 2. The Morgan fingerprint density at radius 2 is 1.79 bits per heavy atom. The molecule has 1 heterocycles. The summed E-state index contributed by atoms with van der Waals surface area (Å²) in [4.78, 5) is 28.1. The Morgan fingerprint density at radius 3 is 2.38 bits per heavy atom. The van der Waals surface area contributed by atoms with Crippen molar-refractivity contribution in [3.63, 3.8) is 0 Å². The highest BCUT2D eigenvalue weighted by Gasteiger charge is 2.26. The van der Waals surface area contributed by atoms with E-state index in [-0.39, 0.29) is 36.6 Å². The zero-order valence-electron chi connectivity index (χ0n) is 13.4. The van der Waals surface area contributed by atoms with Crippen LogP contribution in [-0.2, 0) is 4.79 Å². The molecule has 0 bridgehead atoms. The minimum atomic E-state index is 0. The maximum Gasteiger partial charge on any atom is 0.254 e. The molecule has 0 radical (unpaired) electrons. The van der Waals surface area contributed by atoms with Crippen LogP contribution in [0.2, 0.25) is 0 Å². The number of benzene rings is 1. The van der Waals surface area contributed by atoms with Crippen molar-refractivity contribution in [3.05, 3.63) is 29.8 Å². The monoisotopic (exact) mass is 374 g/mol. The topological polar surface area (TPSA) is 78.7 Å². The van der Waals surface area contributed by atoms with Crippen LogP contribution >= 0.6 is 24.8 Å². The molecule has 1 saturated heterocycles. The molecule has 1 saturated carbocycles. The van der Waals surface area contributed by atoms with Crippen molar-refractivity contribution < 1.29 is 9.59 Å². The first kappa shape index (κ1) is 20.5. The van der Waals surface area contributed by atoms with E-state index in [1.54, 1.807) is 24.3 Å². The molecular formula is C16H24Cl2N4O2. The van der Waals surface area contributed by atoms with E-state index in [9.17, 15) is 9.59 Å². The van der Waals surface area contributed by atoms with Crippen LogP contribution < -0.4 is 11.1 Å². The SMILES string of the molecule is Cl.Cl.Nc1cccc(C(=O)N2CCN(CC(=O)NC3CC3)CC2)c1.